The Morgan fingerprint density at radius 2 is 1.88 bits per heavy atom. The molecule has 2 aromatic rings. The molecule has 5 heteroatoms. The molecule has 0 heterocycles. The maximum Gasteiger partial charge on any atom is 0.320 e. The molecule has 1 atom stereocenters. The molecule has 2 N–H and O–H groups in total. The Balaban J connectivity index is 1.93. The molecule has 0 fully saturated rings. The minimum atomic E-state index is -0.810. The molecule has 0 amide bonds. The summed E-state index contributed by atoms with van der Waals surface area (Å²) >= 11 is 3.53. The minimum absolute atomic E-state index is 0.328. The lowest BCUT2D eigenvalue weighted by Gasteiger charge is -2.17. The predicted octanol–water partition coefficient (Wildman–Crippen LogP) is 4.62. The van der Waals surface area contributed by atoms with Crippen molar-refractivity contribution in [2.45, 2.75) is 39.5 Å². The van der Waals surface area contributed by atoms with Gasteiger partial charge in [0.05, 0.1) is 4.47 Å². The highest BCUT2D eigenvalue weighted by Gasteiger charge is 2.18. The van der Waals surface area contributed by atoms with E-state index < -0.39 is 12.0 Å². The Morgan fingerprint density at radius 1 is 1.16 bits per heavy atom. The fourth-order valence-electron chi connectivity index (χ4n) is 2.49. The van der Waals surface area contributed by atoms with Crippen LogP contribution in [0.15, 0.2) is 53.0 Å². The van der Waals surface area contributed by atoms with E-state index in [1.165, 1.54) is 0 Å². The first-order valence-corrected chi connectivity index (χ1v) is 9.16. The molecule has 0 aliphatic heterocycles. The molecule has 0 saturated heterocycles. The average Bonchev–Trinajstić information content (AvgIpc) is 2.58. The van der Waals surface area contributed by atoms with E-state index in [2.05, 4.69) is 21.2 Å². The topological polar surface area (TPSA) is 58.6 Å². The highest BCUT2D eigenvalue weighted by Crippen LogP contribution is 2.27. The molecular formula is C20H24BrNO3. The molecule has 25 heavy (non-hydrogen) atoms. The zero-order valence-corrected chi connectivity index (χ0v) is 16.1. The molecule has 0 spiro atoms. The molecule has 0 aliphatic rings. The number of hydrogen-bond donors (Lipinski definition) is 2. The van der Waals surface area contributed by atoms with E-state index in [0.717, 1.165) is 21.3 Å². The number of carboxylic acids is 1. The van der Waals surface area contributed by atoms with Gasteiger partial charge < -0.3 is 15.2 Å². The molecule has 2 rings (SSSR count). The van der Waals surface area contributed by atoms with Crippen molar-refractivity contribution in [2.24, 2.45) is 5.92 Å². The SMILES string of the molecule is CC(C)CC(NCc1ccc(OCc2ccccc2)c(Br)c1)C(=O)O. The number of aliphatic carboxylic acids is 1. The van der Waals surface area contributed by atoms with Gasteiger partial charge >= 0.3 is 5.97 Å². The van der Waals surface area contributed by atoms with Gasteiger partial charge in [-0.1, -0.05) is 50.2 Å². The van der Waals surface area contributed by atoms with Crippen LogP contribution in [0.4, 0.5) is 0 Å². The lowest BCUT2D eigenvalue weighted by Crippen LogP contribution is -2.37. The van der Waals surface area contributed by atoms with Gasteiger partial charge in [0.25, 0.3) is 0 Å². The Morgan fingerprint density at radius 3 is 2.48 bits per heavy atom. The second-order valence-corrected chi connectivity index (χ2v) is 7.29. The van der Waals surface area contributed by atoms with Gasteiger partial charge in [0, 0.05) is 6.54 Å². The first-order valence-electron chi connectivity index (χ1n) is 8.37. The van der Waals surface area contributed by atoms with Crippen LogP contribution < -0.4 is 10.1 Å². The maximum atomic E-state index is 11.3. The van der Waals surface area contributed by atoms with Crippen LogP contribution in [0.5, 0.6) is 5.75 Å². The van der Waals surface area contributed by atoms with E-state index in [9.17, 15) is 9.90 Å². The third-order valence-corrected chi connectivity index (χ3v) is 4.41. The van der Waals surface area contributed by atoms with Crippen LogP contribution in [0.25, 0.3) is 0 Å². The number of halogens is 1. The number of rotatable bonds is 9. The van der Waals surface area contributed by atoms with Crippen LogP contribution in [0, 0.1) is 5.92 Å². The van der Waals surface area contributed by atoms with Crippen molar-refractivity contribution in [2.75, 3.05) is 0 Å². The number of carbonyl (C=O) groups is 1. The van der Waals surface area contributed by atoms with Crippen LogP contribution >= 0.6 is 15.9 Å². The van der Waals surface area contributed by atoms with E-state index in [1.54, 1.807) is 0 Å². The molecule has 0 bridgehead atoms. The van der Waals surface area contributed by atoms with Crippen molar-refractivity contribution in [3.05, 3.63) is 64.1 Å². The molecule has 2 aromatic carbocycles. The van der Waals surface area contributed by atoms with E-state index in [1.807, 2.05) is 62.4 Å². The zero-order chi connectivity index (χ0) is 18.2. The summed E-state index contributed by atoms with van der Waals surface area (Å²) in [5, 5.41) is 12.4. The molecule has 0 aliphatic carbocycles. The van der Waals surface area contributed by atoms with Gasteiger partial charge in [-0.2, -0.15) is 0 Å². The molecule has 134 valence electrons. The molecule has 4 nitrogen and oxygen atoms in total. The molecule has 0 aromatic heterocycles. The summed E-state index contributed by atoms with van der Waals surface area (Å²) in [4.78, 5) is 11.3. The van der Waals surface area contributed by atoms with Gasteiger partial charge in [0.1, 0.15) is 18.4 Å². The molecule has 0 radical (unpaired) electrons. The number of nitrogens with one attached hydrogen (secondary N) is 1. The Hall–Kier alpha value is -1.85. The van der Waals surface area contributed by atoms with Crippen LogP contribution in [0.3, 0.4) is 0 Å². The quantitative estimate of drug-likeness (QED) is 0.638. The monoisotopic (exact) mass is 405 g/mol. The normalized spacial score (nSPS) is 12.2. The predicted molar refractivity (Wildman–Crippen MR) is 103 cm³/mol. The van der Waals surface area contributed by atoms with Crippen LogP contribution in [0.1, 0.15) is 31.4 Å². The van der Waals surface area contributed by atoms with Crippen molar-refractivity contribution >= 4 is 21.9 Å². The third-order valence-electron chi connectivity index (χ3n) is 3.79. The third kappa shape index (κ3) is 6.52. The summed E-state index contributed by atoms with van der Waals surface area (Å²) < 4.78 is 6.69. The van der Waals surface area contributed by atoms with E-state index in [0.29, 0.717) is 25.5 Å². The van der Waals surface area contributed by atoms with Crippen LogP contribution in [-0.2, 0) is 17.9 Å². The highest BCUT2D eigenvalue weighted by molar-refractivity contribution is 9.10. The van der Waals surface area contributed by atoms with Gasteiger partial charge in [-0.05, 0) is 51.5 Å². The lowest BCUT2D eigenvalue weighted by molar-refractivity contribution is -0.140. The zero-order valence-electron chi connectivity index (χ0n) is 14.5. The van der Waals surface area contributed by atoms with Crippen molar-refractivity contribution in [1.82, 2.24) is 5.32 Å². The van der Waals surface area contributed by atoms with E-state index in [-0.39, 0.29) is 0 Å². The number of ether oxygens (including phenoxy) is 1. The second-order valence-electron chi connectivity index (χ2n) is 6.44. The number of benzene rings is 2. The largest absolute Gasteiger partial charge is 0.488 e. The standard InChI is InChI=1S/C20H24BrNO3/c1-14(2)10-18(20(23)24)22-12-16-8-9-19(17(21)11-16)25-13-15-6-4-3-5-7-15/h3-9,11,14,18,22H,10,12-13H2,1-2H3,(H,23,24). The van der Waals surface area contributed by atoms with Crippen molar-refractivity contribution in [1.29, 1.82) is 0 Å². The number of hydrogen-bond acceptors (Lipinski definition) is 3. The van der Waals surface area contributed by atoms with Gasteiger partial charge in [0.15, 0.2) is 0 Å². The molecular weight excluding hydrogens is 382 g/mol. The lowest BCUT2D eigenvalue weighted by atomic mass is 10.0. The van der Waals surface area contributed by atoms with Gasteiger partial charge in [0.2, 0.25) is 0 Å². The maximum absolute atomic E-state index is 11.3. The highest BCUT2D eigenvalue weighted by atomic mass is 79.9. The molecule has 0 saturated carbocycles. The van der Waals surface area contributed by atoms with Gasteiger partial charge in [-0.25, -0.2) is 0 Å². The summed E-state index contributed by atoms with van der Waals surface area (Å²) in [6, 6.07) is 15.3. The summed E-state index contributed by atoms with van der Waals surface area (Å²) in [7, 11) is 0. The van der Waals surface area contributed by atoms with Crippen molar-refractivity contribution < 1.29 is 14.6 Å². The van der Waals surface area contributed by atoms with Crippen molar-refractivity contribution in [3.8, 4) is 5.75 Å². The Kier molecular flexibility index (Phi) is 7.47. The molecule has 1 unspecified atom stereocenters. The smallest absolute Gasteiger partial charge is 0.320 e. The first kappa shape index (κ1) is 19.5. The summed E-state index contributed by atoms with van der Waals surface area (Å²) in [5.74, 6) is 0.286. The first-order chi connectivity index (χ1) is 12.0. The van der Waals surface area contributed by atoms with Crippen LogP contribution in [-0.4, -0.2) is 17.1 Å². The Labute approximate surface area is 157 Å². The van der Waals surface area contributed by atoms with Crippen molar-refractivity contribution in [3.63, 3.8) is 0 Å². The summed E-state index contributed by atoms with van der Waals surface area (Å²) in [6.45, 7) is 5.05. The van der Waals surface area contributed by atoms with Gasteiger partial charge in [-0.3, -0.25) is 4.79 Å². The average molecular weight is 406 g/mol. The minimum Gasteiger partial charge on any atom is -0.488 e. The fourth-order valence-corrected chi connectivity index (χ4v) is 3.03. The summed E-state index contributed by atoms with van der Waals surface area (Å²) in [5.41, 5.74) is 2.12. The number of carboxylic acid groups (broad SMARTS) is 1. The summed E-state index contributed by atoms with van der Waals surface area (Å²) in [6.07, 6.45) is 0.606. The van der Waals surface area contributed by atoms with E-state index in [4.69, 9.17) is 4.74 Å². The Bertz CT molecular complexity index is 689. The van der Waals surface area contributed by atoms with Crippen LogP contribution in [0.2, 0.25) is 0 Å². The second kappa shape index (κ2) is 9.59. The fraction of sp³-hybridized carbons (Fsp3) is 0.350. The van der Waals surface area contributed by atoms with E-state index >= 15 is 0 Å². The van der Waals surface area contributed by atoms with Gasteiger partial charge in [-0.15, -0.1) is 0 Å².